The maximum absolute atomic E-state index is 12.5. The Morgan fingerprint density at radius 2 is 1.06 bits per heavy atom. The summed E-state index contributed by atoms with van der Waals surface area (Å²) in [6.07, 6.45) is 33.9. The summed E-state index contributed by atoms with van der Waals surface area (Å²) in [7, 11) is -4.62. The molecule has 0 aromatic heterocycles. The number of hydrogen-bond acceptors (Lipinski definition) is 9. The fraction of sp³-hybridized carbons (Fsp3) is 0.795. The molecule has 0 aliphatic rings. The van der Waals surface area contributed by atoms with E-state index in [0.717, 1.165) is 83.5 Å². The average Bonchev–Trinajstić information content (AvgIpc) is 3.10. The van der Waals surface area contributed by atoms with Gasteiger partial charge in [-0.2, -0.15) is 0 Å². The molecule has 3 atom stereocenters. The minimum Gasteiger partial charge on any atom is -0.462 e. The lowest BCUT2D eigenvalue weighted by atomic mass is 10.1. The zero-order valence-corrected chi connectivity index (χ0v) is 32.3. The summed E-state index contributed by atoms with van der Waals surface area (Å²) in [5, 5.41) is 18.3. The van der Waals surface area contributed by atoms with E-state index in [9.17, 15) is 24.2 Å². The van der Waals surface area contributed by atoms with Crippen molar-refractivity contribution >= 4 is 19.8 Å². The Morgan fingerprint density at radius 3 is 1.62 bits per heavy atom. The molecule has 0 heterocycles. The lowest BCUT2D eigenvalue weighted by Crippen LogP contribution is -2.29. The maximum Gasteiger partial charge on any atom is 0.472 e. The van der Waals surface area contributed by atoms with Crippen LogP contribution < -0.4 is 0 Å². The first-order chi connectivity index (χ1) is 24.2. The van der Waals surface area contributed by atoms with Gasteiger partial charge in [0.2, 0.25) is 0 Å². The van der Waals surface area contributed by atoms with Crippen molar-refractivity contribution in [3.63, 3.8) is 0 Å². The van der Waals surface area contributed by atoms with E-state index in [4.69, 9.17) is 19.1 Å². The van der Waals surface area contributed by atoms with Gasteiger partial charge in [-0.3, -0.25) is 18.6 Å². The number of rotatable bonds is 36. The van der Waals surface area contributed by atoms with Crippen molar-refractivity contribution in [2.75, 3.05) is 26.4 Å². The van der Waals surface area contributed by atoms with Crippen molar-refractivity contribution in [3.8, 4) is 0 Å². The molecule has 0 spiro atoms. The lowest BCUT2D eigenvalue weighted by Gasteiger charge is -2.20. The number of unbranched alkanes of at least 4 members (excludes halogenated alkanes) is 16. The van der Waals surface area contributed by atoms with Gasteiger partial charge in [-0.15, -0.1) is 0 Å². The Labute approximate surface area is 303 Å². The normalized spacial score (nSPS) is 14.4. The van der Waals surface area contributed by atoms with E-state index in [1.807, 2.05) is 0 Å². The van der Waals surface area contributed by atoms with Crippen LogP contribution in [0.2, 0.25) is 0 Å². The van der Waals surface area contributed by atoms with E-state index >= 15 is 0 Å². The molecule has 0 aromatic carbocycles. The smallest absolute Gasteiger partial charge is 0.462 e. The van der Waals surface area contributed by atoms with E-state index in [-0.39, 0.29) is 19.4 Å². The molecular formula is C39H71O10P. The number of ether oxygens (including phenoxy) is 2. The maximum atomic E-state index is 12.5. The SMILES string of the molecule is CCCC/C=C\C/C=C\CCCCCCCC(=O)O[C@H](COC(=O)CCCCCCC/C=C\CCCCCC)COP(=O)(O)OC[C@@H](O)CO. The molecule has 11 heteroatoms. The van der Waals surface area contributed by atoms with Gasteiger partial charge < -0.3 is 24.6 Å². The summed E-state index contributed by atoms with van der Waals surface area (Å²) in [5.41, 5.74) is 0. The van der Waals surface area contributed by atoms with Crippen LogP contribution in [-0.4, -0.2) is 65.7 Å². The van der Waals surface area contributed by atoms with Crippen molar-refractivity contribution in [3.05, 3.63) is 36.5 Å². The molecule has 0 amide bonds. The third-order valence-corrected chi connectivity index (χ3v) is 8.97. The predicted molar refractivity (Wildman–Crippen MR) is 201 cm³/mol. The molecule has 0 fully saturated rings. The van der Waals surface area contributed by atoms with Crippen LogP contribution in [0.25, 0.3) is 0 Å². The molecule has 10 nitrogen and oxygen atoms in total. The monoisotopic (exact) mass is 730 g/mol. The Hall–Kier alpha value is -1.81. The highest BCUT2D eigenvalue weighted by Crippen LogP contribution is 2.43. The summed E-state index contributed by atoms with van der Waals surface area (Å²) in [4.78, 5) is 34.8. The molecule has 0 aromatic rings. The number of phosphoric acid groups is 1. The Morgan fingerprint density at radius 1 is 0.600 bits per heavy atom. The molecule has 3 N–H and O–H groups in total. The second-order valence-electron chi connectivity index (χ2n) is 12.9. The largest absolute Gasteiger partial charge is 0.472 e. The molecule has 0 rings (SSSR count). The molecule has 0 radical (unpaired) electrons. The van der Waals surface area contributed by atoms with Gasteiger partial charge in [0.15, 0.2) is 6.10 Å². The van der Waals surface area contributed by atoms with Gasteiger partial charge in [0, 0.05) is 12.8 Å². The highest BCUT2D eigenvalue weighted by atomic mass is 31.2. The third-order valence-electron chi connectivity index (χ3n) is 8.02. The lowest BCUT2D eigenvalue weighted by molar-refractivity contribution is -0.161. The number of carbonyl (C=O) groups excluding carboxylic acids is 2. The fourth-order valence-corrected chi connectivity index (χ4v) is 5.73. The van der Waals surface area contributed by atoms with Crippen molar-refractivity contribution in [2.24, 2.45) is 0 Å². The van der Waals surface area contributed by atoms with Gasteiger partial charge in [0.25, 0.3) is 0 Å². The third kappa shape index (κ3) is 34.6. The minimum absolute atomic E-state index is 0.166. The fourth-order valence-electron chi connectivity index (χ4n) is 4.94. The number of hydrogen-bond donors (Lipinski definition) is 3. The molecule has 0 aliphatic heterocycles. The van der Waals surface area contributed by atoms with Crippen LogP contribution in [0.4, 0.5) is 0 Å². The predicted octanol–water partition coefficient (Wildman–Crippen LogP) is 9.61. The topological polar surface area (TPSA) is 149 Å². The second-order valence-corrected chi connectivity index (χ2v) is 14.4. The number of phosphoric ester groups is 1. The molecule has 0 bridgehead atoms. The van der Waals surface area contributed by atoms with Gasteiger partial charge in [0.05, 0.1) is 19.8 Å². The summed E-state index contributed by atoms with van der Waals surface area (Å²) >= 11 is 0. The number of allylic oxidation sites excluding steroid dienone is 6. The summed E-state index contributed by atoms with van der Waals surface area (Å²) in [5.74, 6) is -0.954. The zero-order valence-electron chi connectivity index (χ0n) is 31.4. The Kier molecular flexibility index (Phi) is 34.3. The number of esters is 2. The minimum atomic E-state index is -4.62. The summed E-state index contributed by atoms with van der Waals surface area (Å²) in [6, 6.07) is 0. The Balaban J connectivity index is 4.40. The Bertz CT molecular complexity index is 936. The van der Waals surface area contributed by atoms with Crippen LogP contribution in [0, 0.1) is 0 Å². The number of carbonyl (C=O) groups is 2. The zero-order chi connectivity index (χ0) is 37.0. The van der Waals surface area contributed by atoms with Crippen LogP contribution in [0.3, 0.4) is 0 Å². The van der Waals surface area contributed by atoms with Crippen LogP contribution in [0.5, 0.6) is 0 Å². The van der Waals surface area contributed by atoms with Crippen LogP contribution in [-0.2, 0) is 32.7 Å². The van der Waals surface area contributed by atoms with Crippen LogP contribution >= 0.6 is 7.82 Å². The highest BCUT2D eigenvalue weighted by Gasteiger charge is 2.27. The first kappa shape index (κ1) is 48.2. The van der Waals surface area contributed by atoms with Crippen LogP contribution in [0.1, 0.15) is 162 Å². The molecule has 1 unspecified atom stereocenters. The molecular weight excluding hydrogens is 659 g/mol. The molecule has 292 valence electrons. The van der Waals surface area contributed by atoms with Crippen molar-refractivity contribution in [1.82, 2.24) is 0 Å². The van der Waals surface area contributed by atoms with E-state index in [2.05, 4.69) is 54.8 Å². The molecule has 0 saturated carbocycles. The average molecular weight is 731 g/mol. The molecule has 0 saturated heterocycles. The van der Waals surface area contributed by atoms with Crippen molar-refractivity contribution in [1.29, 1.82) is 0 Å². The molecule has 0 aliphatic carbocycles. The molecule has 50 heavy (non-hydrogen) atoms. The first-order valence-corrected chi connectivity index (χ1v) is 20.9. The number of aliphatic hydroxyl groups excluding tert-OH is 2. The quantitative estimate of drug-likeness (QED) is 0.0246. The second kappa shape index (κ2) is 35.6. The van der Waals surface area contributed by atoms with Crippen LogP contribution in [0.15, 0.2) is 36.5 Å². The van der Waals surface area contributed by atoms with Gasteiger partial charge >= 0.3 is 19.8 Å². The summed E-state index contributed by atoms with van der Waals surface area (Å²) in [6.45, 7) is 2.28. The van der Waals surface area contributed by atoms with E-state index in [1.54, 1.807) is 0 Å². The van der Waals surface area contributed by atoms with Gasteiger partial charge in [-0.05, 0) is 64.2 Å². The standard InChI is InChI=1S/C39H71O10P/c1-3-5-7-9-11-13-15-17-19-21-23-25-27-29-31-39(43)49-37(35-48-50(44,45)47-33-36(41)32-40)34-46-38(42)30-28-26-24-22-20-18-16-14-12-10-8-6-4-2/h9,11,14-17,36-37,40-41H,3-8,10,12-13,18-35H2,1-2H3,(H,44,45)/b11-9-,16-14-,17-15-/t36-,37+/m0/s1. The summed E-state index contributed by atoms with van der Waals surface area (Å²) < 4.78 is 32.6. The van der Waals surface area contributed by atoms with Gasteiger partial charge in [0.1, 0.15) is 12.7 Å². The van der Waals surface area contributed by atoms with Crippen molar-refractivity contribution in [2.45, 2.75) is 174 Å². The van der Waals surface area contributed by atoms with E-state index in [0.29, 0.717) is 12.8 Å². The highest BCUT2D eigenvalue weighted by molar-refractivity contribution is 7.47. The van der Waals surface area contributed by atoms with E-state index in [1.165, 1.54) is 38.5 Å². The van der Waals surface area contributed by atoms with E-state index < -0.39 is 51.8 Å². The first-order valence-electron chi connectivity index (χ1n) is 19.4. The van der Waals surface area contributed by atoms with Gasteiger partial charge in [-0.25, -0.2) is 4.57 Å². The van der Waals surface area contributed by atoms with Crippen molar-refractivity contribution < 1.29 is 47.8 Å². The number of aliphatic hydroxyl groups is 2. The van der Waals surface area contributed by atoms with Gasteiger partial charge in [-0.1, -0.05) is 121 Å².